The third-order valence-electron chi connectivity index (χ3n) is 1.90. The molecule has 0 bridgehead atoms. The van der Waals surface area contributed by atoms with Gasteiger partial charge in [0.15, 0.2) is 0 Å². The van der Waals surface area contributed by atoms with Crippen molar-refractivity contribution in [1.29, 1.82) is 0 Å². The minimum absolute atomic E-state index is 0.212. The molecule has 0 spiro atoms. The highest BCUT2D eigenvalue weighted by molar-refractivity contribution is 7.80. The van der Waals surface area contributed by atoms with Crippen LogP contribution in [0.25, 0.3) is 6.08 Å². The van der Waals surface area contributed by atoms with Crippen LogP contribution in [0.3, 0.4) is 0 Å². The minimum atomic E-state index is -4.66. The molecule has 104 valence electrons. The average molecular weight is 287 g/mol. The van der Waals surface area contributed by atoms with Crippen molar-refractivity contribution in [2.24, 2.45) is 0 Å². The molecule has 0 saturated heterocycles. The Balaban J connectivity index is 2.66. The topological polar surface area (TPSA) is 103 Å². The summed E-state index contributed by atoms with van der Waals surface area (Å²) in [4.78, 5) is 15.6. The Morgan fingerprint density at radius 3 is 2.68 bits per heavy atom. The van der Waals surface area contributed by atoms with Gasteiger partial charge in [-0.05, 0) is 32.1 Å². The molecule has 0 amide bonds. The Morgan fingerprint density at radius 1 is 1.47 bits per heavy atom. The monoisotopic (exact) mass is 287 g/mol. The SMILES string of the molecule is CC(=Cc1ccccn1)C(=O)OC(C)OS(=O)(=O)O. The summed E-state index contributed by atoms with van der Waals surface area (Å²) in [6, 6.07) is 5.17. The van der Waals surface area contributed by atoms with E-state index in [4.69, 9.17) is 4.55 Å². The first kappa shape index (κ1) is 15.3. The summed E-state index contributed by atoms with van der Waals surface area (Å²) in [6.45, 7) is 2.65. The van der Waals surface area contributed by atoms with Gasteiger partial charge < -0.3 is 4.74 Å². The van der Waals surface area contributed by atoms with Crippen LogP contribution in [-0.4, -0.2) is 30.2 Å². The first-order chi connectivity index (χ1) is 8.78. The van der Waals surface area contributed by atoms with Gasteiger partial charge in [-0.2, -0.15) is 8.42 Å². The predicted molar refractivity (Wildman–Crippen MR) is 66.1 cm³/mol. The molecule has 1 unspecified atom stereocenters. The van der Waals surface area contributed by atoms with Gasteiger partial charge in [0.1, 0.15) is 0 Å². The average Bonchev–Trinajstić information content (AvgIpc) is 2.27. The molecule has 0 saturated carbocycles. The van der Waals surface area contributed by atoms with Crippen LogP contribution in [0, 0.1) is 0 Å². The van der Waals surface area contributed by atoms with E-state index in [1.165, 1.54) is 19.9 Å². The van der Waals surface area contributed by atoms with Gasteiger partial charge in [-0.15, -0.1) is 0 Å². The number of carbonyl (C=O) groups excluding carboxylic acids is 1. The number of carbonyl (C=O) groups is 1. The van der Waals surface area contributed by atoms with Crippen molar-refractivity contribution in [2.45, 2.75) is 20.1 Å². The minimum Gasteiger partial charge on any atom is -0.431 e. The third kappa shape index (κ3) is 6.09. The van der Waals surface area contributed by atoms with Crippen molar-refractivity contribution in [2.75, 3.05) is 0 Å². The van der Waals surface area contributed by atoms with E-state index in [0.29, 0.717) is 5.69 Å². The van der Waals surface area contributed by atoms with E-state index in [2.05, 4.69) is 13.9 Å². The molecule has 0 aliphatic heterocycles. The quantitative estimate of drug-likeness (QED) is 0.375. The summed E-state index contributed by atoms with van der Waals surface area (Å²) in [5, 5.41) is 0. The van der Waals surface area contributed by atoms with Crippen LogP contribution in [0.1, 0.15) is 19.5 Å². The van der Waals surface area contributed by atoms with Crippen LogP contribution >= 0.6 is 0 Å². The lowest BCUT2D eigenvalue weighted by molar-refractivity contribution is -0.156. The number of rotatable bonds is 5. The van der Waals surface area contributed by atoms with Gasteiger partial charge in [-0.3, -0.25) is 9.54 Å². The Morgan fingerprint density at radius 2 is 2.16 bits per heavy atom. The van der Waals surface area contributed by atoms with Gasteiger partial charge in [-0.25, -0.2) is 8.98 Å². The molecular formula is C11H13NO6S. The highest BCUT2D eigenvalue weighted by atomic mass is 32.3. The molecule has 1 atom stereocenters. The smallest absolute Gasteiger partial charge is 0.400 e. The van der Waals surface area contributed by atoms with Crippen molar-refractivity contribution >= 4 is 22.4 Å². The normalized spacial score (nSPS) is 13.9. The van der Waals surface area contributed by atoms with Crippen LogP contribution in [-0.2, 0) is 24.1 Å². The molecule has 0 aliphatic carbocycles. The highest BCUT2D eigenvalue weighted by Crippen LogP contribution is 2.08. The Bertz CT molecular complexity index is 566. The van der Waals surface area contributed by atoms with Crippen molar-refractivity contribution in [3.63, 3.8) is 0 Å². The number of esters is 1. The van der Waals surface area contributed by atoms with Gasteiger partial charge in [0.05, 0.1) is 5.69 Å². The molecule has 19 heavy (non-hydrogen) atoms. The summed E-state index contributed by atoms with van der Waals surface area (Å²) >= 11 is 0. The number of aromatic nitrogens is 1. The first-order valence-electron chi connectivity index (χ1n) is 5.24. The van der Waals surface area contributed by atoms with E-state index in [1.807, 2.05) is 0 Å². The highest BCUT2D eigenvalue weighted by Gasteiger charge is 2.17. The molecule has 1 aromatic heterocycles. The van der Waals surface area contributed by atoms with Crippen molar-refractivity contribution < 1.29 is 26.7 Å². The second-order valence-corrected chi connectivity index (χ2v) is 4.63. The second kappa shape index (κ2) is 6.41. The van der Waals surface area contributed by atoms with E-state index in [-0.39, 0.29) is 5.57 Å². The molecule has 0 fully saturated rings. The van der Waals surface area contributed by atoms with Crippen molar-refractivity contribution in [3.8, 4) is 0 Å². The summed E-state index contributed by atoms with van der Waals surface area (Å²) in [6.07, 6.45) is 1.62. The molecule has 1 N–H and O–H groups in total. The van der Waals surface area contributed by atoms with Crippen LogP contribution in [0.5, 0.6) is 0 Å². The Hall–Kier alpha value is -1.77. The maximum atomic E-state index is 11.6. The number of hydrogen-bond acceptors (Lipinski definition) is 6. The van der Waals surface area contributed by atoms with Crippen LogP contribution in [0.15, 0.2) is 30.0 Å². The Kier molecular flexibility index (Phi) is 5.16. The van der Waals surface area contributed by atoms with E-state index < -0.39 is 22.7 Å². The zero-order valence-electron chi connectivity index (χ0n) is 10.3. The van der Waals surface area contributed by atoms with E-state index in [9.17, 15) is 13.2 Å². The van der Waals surface area contributed by atoms with Crippen LogP contribution < -0.4 is 0 Å². The zero-order chi connectivity index (χ0) is 14.5. The number of hydrogen-bond donors (Lipinski definition) is 1. The first-order valence-corrected chi connectivity index (χ1v) is 6.60. The zero-order valence-corrected chi connectivity index (χ0v) is 11.1. The lowest BCUT2D eigenvalue weighted by Gasteiger charge is -2.11. The summed E-state index contributed by atoms with van der Waals surface area (Å²) in [5.74, 6) is -0.776. The fourth-order valence-electron chi connectivity index (χ4n) is 1.18. The summed E-state index contributed by atoms with van der Waals surface area (Å²) in [7, 11) is -4.66. The molecule has 1 heterocycles. The van der Waals surface area contributed by atoms with Gasteiger partial charge >= 0.3 is 16.4 Å². The van der Waals surface area contributed by atoms with Crippen LogP contribution in [0.2, 0.25) is 0 Å². The van der Waals surface area contributed by atoms with Crippen LogP contribution in [0.4, 0.5) is 0 Å². The largest absolute Gasteiger partial charge is 0.431 e. The molecule has 7 nitrogen and oxygen atoms in total. The molecule has 1 aromatic rings. The number of ether oxygens (including phenoxy) is 1. The fourth-order valence-corrected chi connectivity index (χ4v) is 1.56. The van der Waals surface area contributed by atoms with E-state index in [1.54, 1.807) is 24.4 Å². The molecule has 1 rings (SSSR count). The van der Waals surface area contributed by atoms with Gasteiger partial charge in [0.2, 0.25) is 6.29 Å². The van der Waals surface area contributed by atoms with Crippen molar-refractivity contribution in [1.82, 2.24) is 4.98 Å². The predicted octanol–water partition coefficient (Wildman–Crippen LogP) is 1.19. The molecule has 0 aliphatic rings. The molecule has 0 aromatic carbocycles. The fraction of sp³-hybridized carbons (Fsp3) is 0.273. The van der Waals surface area contributed by atoms with Crippen molar-refractivity contribution in [3.05, 3.63) is 35.7 Å². The molecular weight excluding hydrogens is 274 g/mol. The number of nitrogens with zero attached hydrogens (tertiary/aromatic N) is 1. The van der Waals surface area contributed by atoms with Gasteiger partial charge in [0, 0.05) is 11.8 Å². The maximum absolute atomic E-state index is 11.6. The molecule has 0 radical (unpaired) electrons. The van der Waals surface area contributed by atoms with E-state index >= 15 is 0 Å². The standard InChI is InChI=1S/C11H13NO6S/c1-8(7-10-5-3-4-6-12-10)11(13)17-9(2)18-19(14,15)16/h3-7,9H,1-2H3,(H,14,15,16). The number of pyridine rings is 1. The van der Waals surface area contributed by atoms with Gasteiger partial charge in [0.25, 0.3) is 0 Å². The summed E-state index contributed by atoms with van der Waals surface area (Å²) in [5.41, 5.74) is 0.768. The Labute approximate surface area is 110 Å². The lowest BCUT2D eigenvalue weighted by atomic mass is 10.2. The van der Waals surface area contributed by atoms with Gasteiger partial charge in [-0.1, -0.05) is 6.07 Å². The lowest BCUT2D eigenvalue weighted by Crippen LogP contribution is -2.21. The maximum Gasteiger partial charge on any atom is 0.400 e. The summed E-state index contributed by atoms with van der Waals surface area (Å²) < 4.78 is 37.9. The second-order valence-electron chi connectivity index (χ2n) is 3.58. The third-order valence-corrected chi connectivity index (χ3v) is 2.42. The van der Waals surface area contributed by atoms with E-state index in [0.717, 1.165) is 0 Å². The molecule has 8 heteroatoms.